The first-order valence-corrected chi connectivity index (χ1v) is 12.4. The van der Waals surface area contributed by atoms with Crippen LogP contribution in [0.3, 0.4) is 0 Å². The molecular weight excluding hydrogens is 450 g/mol. The van der Waals surface area contributed by atoms with E-state index in [-0.39, 0.29) is 0 Å². The smallest absolute Gasteiger partial charge is 0.0652 e. The lowest BCUT2D eigenvalue weighted by Gasteiger charge is -2.25. The summed E-state index contributed by atoms with van der Waals surface area (Å²) in [5.74, 6) is 0. The Morgan fingerprint density at radius 1 is 0.486 bits per heavy atom. The summed E-state index contributed by atoms with van der Waals surface area (Å²) in [5, 5.41) is 6.66. The zero-order chi connectivity index (χ0) is 25.3. The summed E-state index contributed by atoms with van der Waals surface area (Å²) in [7, 11) is 0. The van der Waals surface area contributed by atoms with Crippen LogP contribution in [0.2, 0.25) is 0 Å². The molecule has 0 unspecified atom stereocenters. The lowest BCUT2D eigenvalue weighted by molar-refractivity contribution is 1.09. The first kappa shape index (κ1) is 23.8. The van der Waals surface area contributed by atoms with Gasteiger partial charge in [0.2, 0.25) is 0 Å². The van der Waals surface area contributed by atoms with Crippen molar-refractivity contribution in [2.75, 3.05) is 9.91 Å². The van der Waals surface area contributed by atoms with Gasteiger partial charge < -0.3 is 4.90 Å². The minimum Gasteiger partial charge on any atom is -0.311 e. The molecule has 0 spiro atoms. The molecule has 5 aromatic carbocycles. The molecule has 0 aliphatic carbocycles. The number of hydrogen-bond acceptors (Lipinski definition) is 3. The second kappa shape index (κ2) is 11.7. The molecule has 0 aliphatic rings. The van der Waals surface area contributed by atoms with Gasteiger partial charge in [-0.05, 0) is 79.2 Å². The number of hydrogen-bond donors (Lipinski definition) is 0. The Hall–Kier alpha value is -4.89. The maximum atomic E-state index is 4.72. The molecule has 0 saturated carbocycles. The number of anilines is 5. The monoisotopic (exact) mass is 479 g/mol. The molecule has 0 heterocycles. The van der Waals surface area contributed by atoms with Crippen LogP contribution in [0, 0.1) is 6.92 Å². The van der Waals surface area contributed by atoms with Gasteiger partial charge in [0, 0.05) is 23.3 Å². The normalized spacial score (nSPS) is 11.2. The average molecular weight is 480 g/mol. The predicted molar refractivity (Wildman–Crippen MR) is 158 cm³/mol. The summed E-state index contributed by atoms with van der Waals surface area (Å²) in [6.45, 7) is 2.11. The van der Waals surface area contributed by atoms with Gasteiger partial charge in [-0.15, -0.1) is 0 Å². The lowest BCUT2D eigenvalue weighted by atomic mass is 10.1. The fraction of sp³-hybridized carbons (Fsp3) is 0.0294. The number of rotatable bonds is 8. The molecule has 0 saturated heterocycles. The van der Waals surface area contributed by atoms with Crippen molar-refractivity contribution in [3.05, 3.63) is 157 Å². The molecule has 0 bridgehead atoms. The predicted octanol–water partition coefficient (Wildman–Crippen LogP) is 9.30. The Kier molecular flexibility index (Phi) is 7.53. The molecular formula is C34H29N3. The summed E-state index contributed by atoms with van der Waals surface area (Å²) < 4.78 is 0. The van der Waals surface area contributed by atoms with E-state index in [0.29, 0.717) is 0 Å². The summed E-state index contributed by atoms with van der Waals surface area (Å²) in [5.41, 5.74) is 7.76. The van der Waals surface area contributed by atoms with Gasteiger partial charge in [0.05, 0.1) is 11.4 Å². The van der Waals surface area contributed by atoms with E-state index in [1.807, 2.05) is 59.8 Å². The molecule has 3 heteroatoms. The molecule has 5 rings (SSSR count). The molecule has 0 radical (unpaired) electrons. The quantitative estimate of drug-likeness (QED) is 0.163. The van der Waals surface area contributed by atoms with E-state index < -0.39 is 0 Å². The van der Waals surface area contributed by atoms with Gasteiger partial charge in [-0.25, -0.2) is 5.01 Å². The first-order valence-electron chi connectivity index (χ1n) is 12.4. The summed E-state index contributed by atoms with van der Waals surface area (Å²) >= 11 is 0. The van der Waals surface area contributed by atoms with Crippen LogP contribution in [0.4, 0.5) is 28.4 Å². The standard InChI is InChI=1S/C34H29N3/c1-28-19-23-31(24-20-28)36(30-13-5-2-6-14-30)32-25-21-29(22-26-32)12-11-27-35-37(33-15-7-3-8-16-33)34-17-9-4-10-18-34/h2-27H,1H3. The van der Waals surface area contributed by atoms with Crippen molar-refractivity contribution in [1.82, 2.24) is 0 Å². The van der Waals surface area contributed by atoms with E-state index in [0.717, 1.165) is 34.0 Å². The Morgan fingerprint density at radius 3 is 1.43 bits per heavy atom. The van der Waals surface area contributed by atoms with E-state index >= 15 is 0 Å². The molecule has 0 amide bonds. The van der Waals surface area contributed by atoms with Gasteiger partial charge in [0.1, 0.15) is 0 Å². The van der Waals surface area contributed by atoms with Crippen molar-refractivity contribution in [3.63, 3.8) is 0 Å². The average Bonchev–Trinajstić information content (AvgIpc) is 2.96. The molecule has 37 heavy (non-hydrogen) atoms. The number of benzene rings is 5. The summed E-state index contributed by atoms with van der Waals surface area (Å²) in [4.78, 5) is 2.27. The maximum Gasteiger partial charge on any atom is 0.0652 e. The zero-order valence-corrected chi connectivity index (χ0v) is 20.9. The molecule has 0 N–H and O–H groups in total. The lowest BCUT2D eigenvalue weighted by Crippen LogP contribution is -2.09. The minimum absolute atomic E-state index is 1.01. The van der Waals surface area contributed by atoms with Crippen molar-refractivity contribution >= 4 is 40.7 Å². The van der Waals surface area contributed by atoms with Gasteiger partial charge in [-0.3, -0.25) is 0 Å². The van der Waals surface area contributed by atoms with Crippen molar-refractivity contribution < 1.29 is 0 Å². The molecule has 5 aromatic rings. The second-order valence-corrected chi connectivity index (χ2v) is 8.70. The third-order valence-electron chi connectivity index (χ3n) is 6.02. The molecule has 0 aliphatic heterocycles. The Bertz CT molecular complexity index is 1400. The number of para-hydroxylation sites is 3. The molecule has 0 aromatic heterocycles. The van der Waals surface area contributed by atoms with Crippen molar-refractivity contribution in [3.8, 4) is 0 Å². The SMILES string of the molecule is Cc1ccc(N(c2ccccc2)c2ccc(C=CC=NN(c3ccccc3)c3ccccc3)cc2)cc1. The number of allylic oxidation sites excluding steroid dienone is 1. The van der Waals surface area contributed by atoms with Crippen molar-refractivity contribution in [2.24, 2.45) is 5.10 Å². The first-order chi connectivity index (χ1) is 18.3. The third kappa shape index (κ3) is 6.03. The summed E-state index contributed by atoms with van der Waals surface area (Å²) in [6, 6.07) is 48.0. The highest BCUT2D eigenvalue weighted by atomic mass is 15.5. The Balaban J connectivity index is 1.36. The highest BCUT2D eigenvalue weighted by molar-refractivity contribution is 5.81. The molecule has 180 valence electrons. The highest BCUT2D eigenvalue weighted by Gasteiger charge is 2.11. The molecule has 0 atom stereocenters. The van der Waals surface area contributed by atoms with Crippen LogP contribution in [0.15, 0.2) is 151 Å². The van der Waals surface area contributed by atoms with Gasteiger partial charge >= 0.3 is 0 Å². The van der Waals surface area contributed by atoms with Crippen LogP contribution in [0.1, 0.15) is 11.1 Å². The van der Waals surface area contributed by atoms with Gasteiger partial charge in [0.15, 0.2) is 0 Å². The van der Waals surface area contributed by atoms with Crippen molar-refractivity contribution in [2.45, 2.75) is 6.92 Å². The largest absolute Gasteiger partial charge is 0.311 e. The van der Waals surface area contributed by atoms with Crippen LogP contribution < -0.4 is 9.91 Å². The zero-order valence-electron chi connectivity index (χ0n) is 20.9. The van der Waals surface area contributed by atoms with Gasteiger partial charge in [-0.2, -0.15) is 5.10 Å². The number of hydrazone groups is 1. The van der Waals surface area contributed by atoms with E-state index in [1.54, 1.807) is 0 Å². The fourth-order valence-electron chi connectivity index (χ4n) is 4.13. The van der Waals surface area contributed by atoms with Crippen LogP contribution in [-0.4, -0.2) is 6.21 Å². The minimum atomic E-state index is 1.01. The van der Waals surface area contributed by atoms with E-state index in [1.165, 1.54) is 5.56 Å². The Morgan fingerprint density at radius 2 is 0.919 bits per heavy atom. The van der Waals surface area contributed by atoms with Crippen LogP contribution in [0.25, 0.3) is 6.08 Å². The van der Waals surface area contributed by atoms with Crippen LogP contribution >= 0.6 is 0 Å². The highest BCUT2D eigenvalue weighted by Crippen LogP contribution is 2.34. The van der Waals surface area contributed by atoms with Crippen molar-refractivity contribution in [1.29, 1.82) is 0 Å². The fourth-order valence-corrected chi connectivity index (χ4v) is 4.13. The molecule has 0 fully saturated rings. The number of aryl methyl sites for hydroxylation is 1. The van der Waals surface area contributed by atoms with Crippen LogP contribution in [-0.2, 0) is 0 Å². The Labute approximate surface area is 219 Å². The number of nitrogens with zero attached hydrogens (tertiary/aromatic N) is 3. The van der Waals surface area contributed by atoms with Gasteiger partial charge in [0.25, 0.3) is 0 Å². The summed E-state index contributed by atoms with van der Waals surface area (Å²) in [6.07, 6.45) is 5.87. The molecule has 3 nitrogen and oxygen atoms in total. The second-order valence-electron chi connectivity index (χ2n) is 8.70. The van der Waals surface area contributed by atoms with Gasteiger partial charge in [-0.1, -0.05) is 90.5 Å². The maximum absolute atomic E-state index is 4.72. The van der Waals surface area contributed by atoms with E-state index in [2.05, 4.69) is 115 Å². The topological polar surface area (TPSA) is 18.8 Å². The van der Waals surface area contributed by atoms with Crippen LogP contribution in [0.5, 0.6) is 0 Å². The van der Waals surface area contributed by atoms with E-state index in [9.17, 15) is 0 Å². The van der Waals surface area contributed by atoms with E-state index in [4.69, 9.17) is 5.10 Å². The third-order valence-corrected chi connectivity index (χ3v) is 6.02.